The highest BCUT2D eigenvalue weighted by molar-refractivity contribution is 5.78. The molecule has 2 N–H and O–H groups in total. The average molecular weight is 329 g/mol. The highest BCUT2D eigenvalue weighted by Gasteiger charge is 2.27. The fraction of sp³-hybridized carbons (Fsp3) is 0.650. The van der Waals surface area contributed by atoms with Gasteiger partial charge in [-0.25, -0.2) is 4.99 Å². The van der Waals surface area contributed by atoms with Gasteiger partial charge in [0.25, 0.3) is 0 Å². The second kappa shape index (κ2) is 7.56. The Balaban J connectivity index is 1.65. The average Bonchev–Trinajstić information content (AvgIpc) is 3.37. The first-order valence-corrected chi connectivity index (χ1v) is 9.34. The predicted molar refractivity (Wildman–Crippen MR) is 101 cm³/mol. The lowest BCUT2D eigenvalue weighted by Gasteiger charge is -2.35. The number of rotatable bonds is 5. The Hall–Kier alpha value is -1.55. The third kappa shape index (κ3) is 4.50. The van der Waals surface area contributed by atoms with Gasteiger partial charge in [0.15, 0.2) is 5.96 Å². The summed E-state index contributed by atoms with van der Waals surface area (Å²) in [7, 11) is 2.05. The highest BCUT2D eigenvalue weighted by atomic mass is 15.3. The second-order valence-corrected chi connectivity index (χ2v) is 7.93. The summed E-state index contributed by atoms with van der Waals surface area (Å²) in [5, 5.41) is 0. The predicted octanol–water partition coefficient (Wildman–Crippen LogP) is 3.07. The summed E-state index contributed by atoms with van der Waals surface area (Å²) in [4.78, 5) is 9.36. The molecule has 2 unspecified atom stereocenters. The molecule has 1 aromatic rings. The SMILES string of the molecule is CC1CC(C)CN(Cc2ccccc2CN=C(N)N(C)C2CC2)C1. The summed E-state index contributed by atoms with van der Waals surface area (Å²) in [6.07, 6.45) is 3.84. The van der Waals surface area contributed by atoms with E-state index < -0.39 is 0 Å². The third-order valence-corrected chi connectivity index (χ3v) is 5.32. The van der Waals surface area contributed by atoms with E-state index in [1.807, 2.05) is 0 Å². The van der Waals surface area contributed by atoms with E-state index in [-0.39, 0.29) is 0 Å². The molecule has 1 aliphatic carbocycles. The van der Waals surface area contributed by atoms with Crippen LogP contribution in [0.3, 0.4) is 0 Å². The first-order chi connectivity index (χ1) is 11.5. The number of hydrogen-bond donors (Lipinski definition) is 1. The molecule has 1 aromatic carbocycles. The van der Waals surface area contributed by atoms with E-state index in [1.165, 1.54) is 43.5 Å². The molecule has 4 nitrogen and oxygen atoms in total. The van der Waals surface area contributed by atoms with Crippen LogP contribution in [0, 0.1) is 11.8 Å². The molecule has 1 saturated heterocycles. The molecule has 0 aromatic heterocycles. The van der Waals surface area contributed by atoms with Gasteiger partial charge in [-0.2, -0.15) is 0 Å². The molecule has 4 heteroatoms. The molecule has 1 saturated carbocycles. The number of nitrogens with two attached hydrogens (primary N) is 1. The zero-order chi connectivity index (χ0) is 17.1. The van der Waals surface area contributed by atoms with Crippen LogP contribution in [0.1, 0.15) is 44.2 Å². The van der Waals surface area contributed by atoms with Gasteiger partial charge in [0.05, 0.1) is 6.54 Å². The van der Waals surface area contributed by atoms with Crippen molar-refractivity contribution < 1.29 is 0 Å². The summed E-state index contributed by atoms with van der Waals surface area (Å²) in [6, 6.07) is 9.30. The number of aliphatic imine (C=N–C) groups is 1. The number of likely N-dealkylation sites (tertiary alicyclic amines) is 1. The smallest absolute Gasteiger partial charge is 0.191 e. The van der Waals surface area contributed by atoms with Crippen LogP contribution in [0.4, 0.5) is 0 Å². The minimum Gasteiger partial charge on any atom is -0.370 e. The van der Waals surface area contributed by atoms with Crippen LogP contribution in [0.25, 0.3) is 0 Å². The van der Waals surface area contributed by atoms with E-state index in [9.17, 15) is 0 Å². The van der Waals surface area contributed by atoms with Gasteiger partial charge >= 0.3 is 0 Å². The molecular formula is C20H32N4. The number of piperidine rings is 1. The molecule has 2 fully saturated rings. The zero-order valence-electron chi connectivity index (χ0n) is 15.4. The largest absolute Gasteiger partial charge is 0.370 e. The Labute approximate surface area is 146 Å². The van der Waals surface area contributed by atoms with Crippen molar-refractivity contribution in [2.75, 3.05) is 20.1 Å². The number of benzene rings is 1. The quantitative estimate of drug-likeness (QED) is 0.667. The third-order valence-electron chi connectivity index (χ3n) is 5.32. The van der Waals surface area contributed by atoms with Crippen molar-refractivity contribution in [3.63, 3.8) is 0 Å². The first-order valence-electron chi connectivity index (χ1n) is 9.34. The van der Waals surface area contributed by atoms with Gasteiger partial charge in [0.2, 0.25) is 0 Å². The molecule has 24 heavy (non-hydrogen) atoms. The Morgan fingerprint density at radius 2 is 1.79 bits per heavy atom. The Morgan fingerprint density at radius 3 is 2.42 bits per heavy atom. The summed E-state index contributed by atoms with van der Waals surface area (Å²) >= 11 is 0. The van der Waals surface area contributed by atoms with Crippen LogP contribution in [-0.2, 0) is 13.1 Å². The first kappa shape index (κ1) is 17.3. The summed E-state index contributed by atoms with van der Waals surface area (Å²) in [5.41, 5.74) is 8.84. The summed E-state index contributed by atoms with van der Waals surface area (Å²) in [6.45, 7) is 8.85. The van der Waals surface area contributed by atoms with Gasteiger partial charge in [0, 0.05) is 32.7 Å². The van der Waals surface area contributed by atoms with Gasteiger partial charge in [-0.05, 0) is 42.2 Å². The van der Waals surface area contributed by atoms with Crippen molar-refractivity contribution in [2.45, 2.75) is 52.2 Å². The van der Waals surface area contributed by atoms with E-state index in [4.69, 9.17) is 5.73 Å². The monoisotopic (exact) mass is 328 g/mol. The van der Waals surface area contributed by atoms with E-state index >= 15 is 0 Å². The van der Waals surface area contributed by atoms with Gasteiger partial charge in [0.1, 0.15) is 0 Å². The fourth-order valence-electron chi connectivity index (χ4n) is 3.95. The number of hydrogen-bond acceptors (Lipinski definition) is 2. The zero-order valence-corrected chi connectivity index (χ0v) is 15.4. The molecule has 2 atom stereocenters. The van der Waals surface area contributed by atoms with Crippen LogP contribution in [-0.4, -0.2) is 41.9 Å². The van der Waals surface area contributed by atoms with Crippen molar-refractivity contribution in [3.8, 4) is 0 Å². The van der Waals surface area contributed by atoms with Crippen molar-refractivity contribution in [3.05, 3.63) is 35.4 Å². The van der Waals surface area contributed by atoms with Crippen molar-refractivity contribution in [1.82, 2.24) is 9.80 Å². The maximum absolute atomic E-state index is 6.14. The number of nitrogens with zero attached hydrogens (tertiary/aromatic N) is 3. The van der Waals surface area contributed by atoms with Crippen LogP contribution in [0.15, 0.2) is 29.3 Å². The maximum Gasteiger partial charge on any atom is 0.191 e. The van der Waals surface area contributed by atoms with Gasteiger partial charge in [-0.15, -0.1) is 0 Å². The Kier molecular flexibility index (Phi) is 5.44. The van der Waals surface area contributed by atoms with Gasteiger partial charge < -0.3 is 10.6 Å². The van der Waals surface area contributed by atoms with Crippen molar-refractivity contribution >= 4 is 5.96 Å². The lowest BCUT2D eigenvalue weighted by Crippen LogP contribution is -2.38. The van der Waals surface area contributed by atoms with Gasteiger partial charge in [-0.3, -0.25) is 4.90 Å². The molecule has 2 aliphatic rings. The lowest BCUT2D eigenvalue weighted by molar-refractivity contribution is 0.134. The summed E-state index contributed by atoms with van der Waals surface area (Å²) in [5.74, 6) is 2.26. The summed E-state index contributed by atoms with van der Waals surface area (Å²) < 4.78 is 0. The second-order valence-electron chi connectivity index (χ2n) is 7.93. The van der Waals surface area contributed by atoms with E-state index in [2.05, 4.69) is 60.0 Å². The minimum absolute atomic E-state index is 0.611. The molecule has 0 amide bonds. The fourth-order valence-corrected chi connectivity index (χ4v) is 3.95. The van der Waals surface area contributed by atoms with Crippen LogP contribution in [0.5, 0.6) is 0 Å². The van der Waals surface area contributed by atoms with Crippen LogP contribution in [0.2, 0.25) is 0 Å². The molecule has 1 heterocycles. The molecule has 0 spiro atoms. The molecule has 132 valence electrons. The molecular weight excluding hydrogens is 296 g/mol. The number of guanidine groups is 1. The Morgan fingerprint density at radius 1 is 1.17 bits per heavy atom. The van der Waals surface area contributed by atoms with Crippen LogP contribution < -0.4 is 5.73 Å². The minimum atomic E-state index is 0.611. The lowest BCUT2D eigenvalue weighted by atomic mass is 9.91. The van der Waals surface area contributed by atoms with Crippen molar-refractivity contribution in [1.29, 1.82) is 0 Å². The van der Waals surface area contributed by atoms with Crippen LogP contribution >= 0.6 is 0 Å². The van der Waals surface area contributed by atoms with Gasteiger partial charge in [-0.1, -0.05) is 38.1 Å². The molecule has 0 bridgehead atoms. The topological polar surface area (TPSA) is 44.9 Å². The van der Waals surface area contributed by atoms with E-state index in [0.717, 1.165) is 18.4 Å². The Bertz CT molecular complexity index is 569. The van der Waals surface area contributed by atoms with E-state index in [1.54, 1.807) is 0 Å². The van der Waals surface area contributed by atoms with E-state index in [0.29, 0.717) is 18.5 Å². The maximum atomic E-state index is 6.14. The molecule has 3 rings (SSSR count). The normalized spacial score (nSPS) is 25.7. The standard InChI is InChI=1S/C20H32N4/c1-15-10-16(2)13-24(12-15)14-18-7-5-4-6-17(18)11-22-20(21)23(3)19-8-9-19/h4-7,15-16,19H,8-14H2,1-3H3,(H2,21,22). The molecule has 0 radical (unpaired) electrons. The highest BCUT2D eigenvalue weighted by Crippen LogP contribution is 2.25. The van der Waals surface area contributed by atoms with Crippen molar-refractivity contribution in [2.24, 2.45) is 22.6 Å². The molecule has 1 aliphatic heterocycles.